The van der Waals surface area contributed by atoms with E-state index in [1.165, 1.54) is 12.4 Å². The number of nitrogens with one attached hydrogen (secondary N) is 2. The van der Waals surface area contributed by atoms with Crippen LogP contribution in [0.25, 0.3) is 0 Å². The summed E-state index contributed by atoms with van der Waals surface area (Å²) in [5, 5.41) is 18.1. The van der Waals surface area contributed by atoms with Crippen molar-refractivity contribution >= 4 is 23.2 Å². The van der Waals surface area contributed by atoms with Gasteiger partial charge in [-0.3, -0.25) is 4.79 Å². The lowest BCUT2D eigenvalue weighted by atomic mass is 10.2. The van der Waals surface area contributed by atoms with Crippen molar-refractivity contribution in [1.29, 1.82) is 5.26 Å². The Morgan fingerprint density at radius 2 is 1.96 bits per heavy atom. The lowest BCUT2D eigenvalue weighted by Gasteiger charge is -2.05. The lowest BCUT2D eigenvalue weighted by molar-refractivity contribution is 0.102. The topological polar surface area (TPSA) is 117 Å². The van der Waals surface area contributed by atoms with Crippen LogP contribution in [-0.4, -0.2) is 21.0 Å². The van der Waals surface area contributed by atoms with Gasteiger partial charge in [-0.2, -0.15) is 5.26 Å². The van der Waals surface area contributed by atoms with Gasteiger partial charge < -0.3 is 15.2 Å². The molecule has 0 saturated heterocycles. The van der Waals surface area contributed by atoms with E-state index < -0.39 is 5.91 Å². The van der Waals surface area contributed by atoms with Crippen LogP contribution in [0.4, 0.5) is 17.3 Å². The number of nitriles is 1. The van der Waals surface area contributed by atoms with Gasteiger partial charge in [-0.15, -0.1) is 0 Å². The Hall–Kier alpha value is -3.73. The van der Waals surface area contributed by atoms with Crippen LogP contribution in [0.5, 0.6) is 0 Å². The van der Waals surface area contributed by atoms with Crippen LogP contribution in [0.3, 0.4) is 0 Å². The zero-order chi connectivity index (χ0) is 16.9. The summed E-state index contributed by atoms with van der Waals surface area (Å²) >= 11 is 0. The molecule has 24 heavy (non-hydrogen) atoms. The predicted octanol–water partition coefficient (Wildman–Crippen LogP) is 2.64. The maximum Gasteiger partial charge on any atom is 0.275 e. The van der Waals surface area contributed by atoms with E-state index in [1.54, 1.807) is 37.3 Å². The third-order valence-electron chi connectivity index (χ3n) is 3.04. The maximum atomic E-state index is 12.1. The molecular weight excluding hydrogens is 308 g/mol. The van der Waals surface area contributed by atoms with Gasteiger partial charge in [0.05, 0.1) is 24.0 Å². The quantitative estimate of drug-likeness (QED) is 0.758. The Morgan fingerprint density at radius 1 is 1.17 bits per heavy atom. The van der Waals surface area contributed by atoms with E-state index in [2.05, 4.69) is 25.8 Å². The van der Waals surface area contributed by atoms with Crippen LogP contribution >= 0.6 is 0 Å². The molecular formula is C16H12N6O2. The van der Waals surface area contributed by atoms with Gasteiger partial charge in [-0.25, -0.2) is 9.97 Å². The molecule has 2 heterocycles. The highest BCUT2D eigenvalue weighted by atomic mass is 16.5. The van der Waals surface area contributed by atoms with E-state index in [9.17, 15) is 4.79 Å². The third kappa shape index (κ3) is 3.53. The number of hydrogen-bond acceptors (Lipinski definition) is 7. The predicted molar refractivity (Wildman–Crippen MR) is 85.7 cm³/mol. The molecule has 0 bridgehead atoms. The average molecular weight is 320 g/mol. The molecule has 1 aromatic carbocycles. The zero-order valence-corrected chi connectivity index (χ0v) is 12.6. The molecule has 0 spiro atoms. The number of carbonyl (C=O) groups is 1. The second-order valence-electron chi connectivity index (χ2n) is 4.88. The van der Waals surface area contributed by atoms with Crippen LogP contribution in [-0.2, 0) is 0 Å². The lowest BCUT2D eigenvalue weighted by Crippen LogP contribution is -2.14. The fourth-order valence-corrected chi connectivity index (χ4v) is 1.89. The zero-order valence-electron chi connectivity index (χ0n) is 12.6. The smallest absolute Gasteiger partial charge is 0.275 e. The summed E-state index contributed by atoms with van der Waals surface area (Å²) in [5.41, 5.74) is 1.26. The Bertz CT molecular complexity index is 894. The number of nitrogens with zero attached hydrogens (tertiary/aromatic N) is 4. The molecule has 1 amide bonds. The summed E-state index contributed by atoms with van der Waals surface area (Å²) in [7, 11) is 0. The number of rotatable bonds is 4. The first-order valence-corrected chi connectivity index (χ1v) is 6.98. The molecule has 8 heteroatoms. The molecule has 0 aliphatic carbocycles. The fourth-order valence-electron chi connectivity index (χ4n) is 1.89. The molecule has 3 aromatic rings. The average Bonchev–Trinajstić information content (AvgIpc) is 3.01. The van der Waals surface area contributed by atoms with Gasteiger partial charge in [-0.1, -0.05) is 5.16 Å². The Labute approximate surface area is 137 Å². The van der Waals surface area contributed by atoms with Crippen molar-refractivity contribution in [2.45, 2.75) is 6.92 Å². The van der Waals surface area contributed by atoms with E-state index in [-0.39, 0.29) is 5.69 Å². The molecule has 8 nitrogen and oxygen atoms in total. The number of aromatic nitrogens is 3. The Kier molecular flexibility index (Phi) is 4.16. The molecule has 0 aliphatic heterocycles. The van der Waals surface area contributed by atoms with Crippen molar-refractivity contribution in [3.8, 4) is 6.07 Å². The summed E-state index contributed by atoms with van der Waals surface area (Å²) in [6.45, 7) is 1.78. The number of benzene rings is 1. The van der Waals surface area contributed by atoms with Crippen molar-refractivity contribution < 1.29 is 9.32 Å². The minimum Gasteiger partial charge on any atom is -0.360 e. The van der Waals surface area contributed by atoms with E-state index in [0.717, 1.165) is 0 Å². The van der Waals surface area contributed by atoms with Gasteiger partial charge in [-0.05, 0) is 31.2 Å². The summed E-state index contributed by atoms with van der Waals surface area (Å²) in [6, 6.07) is 10.3. The minimum absolute atomic E-state index is 0.168. The number of carbonyl (C=O) groups excluding carboxylic acids is 1. The molecule has 2 N–H and O–H groups in total. The summed E-state index contributed by atoms with van der Waals surface area (Å²) < 4.78 is 4.94. The van der Waals surface area contributed by atoms with Gasteiger partial charge in [0.2, 0.25) is 0 Å². The van der Waals surface area contributed by atoms with Crippen molar-refractivity contribution in [3.05, 3.63) is 59.7 Å². The van der Waals surface area contributed by atoms with E-state index in [4.69, 9.17) is 9.78 Å². The van der Waals surface area contributed by atoms with Crippen molar-refractivity contribution in [3.63, 3.8) is 0 Å². The normalized spacial score (nSPS) is 10.0. The van der Waals surface area contributed by atoms with Crippen molar-refractivity contribution in [2.75, 3.05) is 10.6 Å². The first kappa shape index (κ1) is 15.2. The monoisotopic (exact) mass is 320 g/mol. The molecule has 0 aliphatic rings. The van der Waals surface area contributed by atoms with Gasteiger partial charge in [0.15, 0.2) is 5.82 Å². The minimum atomic E-state index is -0.393. The van der Waals surface area contributed by atoms with E-state index >= 15 is 0 Å². The van der Waals surface area contributed by atoms with Gasteiger partial charge in [0.25, 0.3) is 5.91 Å². The maximum absolute atomic E-state index is 12.1. The highest BCUT2D eigenvalue weighted by Crippen LogP contribution is 2.14. The SMILES string of the molecule is Cc1cc(Nc2cnc(C(=O)Nc3ccc(C#N)cc3)cn2)no1. The summed E-state index contributed by atoms with van der Waals surface area (Å²) in [6.07, 6.45) is 2.78. The fraction of sp³-hybridized carbons (Fsp3) is 0.0625. The van der Waals surface area contributed by atoms with Gasteiger partial charge in [0.1, 0.15) is 17.3 Å². The highest BCUT2D eigenvalue weighted by Gasteiger charge is 2.09. The van der Waals surface area contributed by atoms with Crippen LogP contribution in [0.1, 0.15) is 21.8 Å². The van der Waals surface area contributed by atoms with Crippen LogP contribution < -0.4 is 10.6 Å². The first-order chi connectivity index (χ1) is 11.6. The van der Waals surface area contributed by atoms with E-state index in [1.807, 2.05) is 6.07 Å². The largest absolute Gasteiger partial charge is 0.360 e. The third-order valence-corrected chi connectivity index (χ3v) is 3.04. The molecule has 0 atom stereocenters. The molecule has 0 radical (unpaired) electrons. The Morgan fingerprint density at radius 3 is 2.54 bits per heavy atom. The highest BCUT2D eigenvalue weighted by molar-refractivity contribution is 6.02. The van der Waals surface area contributed by atoms with Crippen LogP contribution in [0.15, 0.2) is 47.2 Å². The second kappa shape index (κ2) is 6.58. The van der Waals surface area contributed by atoms with Gasteiger partial charge in [0, 0.05) is 11.8 Å². The number of aryl methyl sites for hydroxylation is 1. The van der Waals surface area contributed by atoms with Crippen molar-refractivity contribution in [1.82, 2.24) is 15.1 Å². The van der Waals surface area contributed by atoms with Crippen LogP contribution in [0, 0.1) is 18.3 Å². The standard InChI is InChI=1S/C16H12N6O2/c1-10-6-14(22-24-10)21-15-9-18-13(8-19-15)16(23)20-12-4-2-11(7-17)3-5-12/h2-6,8-9H,1H3,(H,20,23)(H,19,21,22). The Balaban J connectivity index is 1.65. The molecule has 3 rings (SSSR count). The van der Waals surface area contributed by atoms with E-state index in [0.29, 0.717) is 28.6 Å². The number of hydrogen-bond donors (Lipinski definition) is 2. The number of anilines is 3. The molecule has 0 unspecified atom stereocenters. The first-order valence-electron chi connectivity index (χ1n) is 6.98. The summed E-state index contributed by atoms with van der Waals surface area (Å²) in [4.78, 5) is 20.3. The molecule has 0 saturated carbocycles. The number of amides is 1. The van der Waals surface area contributed by atoms with Crippen molar-refractivity contribution in [2.24, 2.45) is 0 Å². The second-order valence-corrected chi connectivity index (χ2v) is 4.88. The molecule has 2 aromatic heterocycles. The van der Waals surface area contributed by atoms with Gasteiger partial charge >= 0.3 is 0 Å². The van der Waals surface area contributed by atoms with Crippen LogP contribution in [0.2, 0.25) is 0 Å². The molecule has 0 fully saturated rings. The molecule has 118 valence electrons. The summed E-state index contributed by atoms with van der Waals surface area (Å²) in [5.74, 6) is 1.23.